The van der Waals surface area contributed by atoms with Gasteiger partial charge in [0.1, 0.15) is 5.82 Å². The van der Waals surface area contributed by atoms with Crippen molar-refractivity contribution in [1.29, 1.82) is 0 Å². The highest BCUT2D eigenvalue weighted by molar-refractivity contribution is 5.41. The van der Waals surface area contributed by atoms with Crippen LogP contribution in [0.2, 0.25) is 0 Å². The molecule has 1 aliphatic rings. The third kappa shape index (κ3) is 2.72. The number of nitrogens with zero attached hydrogens (tertiary/aromatic N) is 2. The van der Waals surface area contributed by atoms with Crippen LogP contribution in [0.1, 0.15) is 57.7 Å². The van der Waals surface area contributed by atoms with Crippen molar-refractivity contribution in [2.75, 3.05) is 5.32 Å². The van der Waals surface area contributed by atoms with Gasteiger partial charge in [-0.3, -0.25) is 0 Å². The van der Waals surface area contributed by atoms with Crippen molar-refractivity contribution in [3.63, 3.8) is 0 Å². The molecule has 0 saturated carbocycles. The maximum absolute atomic E-state index is 13.1. The minimum Gasteiger partial charge on any atom is -0.368 e. The zero-order chi connectivity index (χ0) is 14.2. The minimum absolute atomic E-state index is 0.0283. The number of fused-ring (bicyclic) bond motifs is 1. The number of aromatic nitrogens is 2. The minimum atomic E-state index is -4.25. The molecule has 1 aromatic rings. The van der Waals surface area contributed by atoms with E-state index in [9.17, 15) is 13.2 Å². The van der Waals surface area contributed by atoms with Gasteiger partial charge in [-0.15, -0.1) is 0 Å². The van der Waals surface area contributed by atoms with Crippen molar-refractivity contribution in [3.05, 3.63) is 11.8 Å². The number of hydrogen-bond acceptors (Lipinski definition) is 2. The van der Waals surface area contributed by atoms with Crippen LogP contribution in [-0.4, -0.2) is 22.0 Å². The number of hydrogen-bond donors (Lipinski definition) is 1. The molecular formula is C13H20F3N3. The van der Waals surface area contributed by atoms with E-state index in [-0.39, 0.29) is 18.4 Å². The van der Waals surface area contributed by atoms with Crippen LogP contribution in [-0.2, 0) is 0 Å². The van der Waals surface area contributed by atoms with Crippen LogP contribution in [0.3, 0.4) is 0 Å². The Hall–Kier alpha value is -1.20. The van der Waals surface area contributed by atoms with Crippen molar-refractivity contribution >= 4 is 5.82 Å². The number of alkyl halides is 3. The average molecular weight is 275 g/mol. The maximum Gasteiger partial charge on any atom is 0.410 e. The molecule has 19 heavy (non-hydrogen) atoms. The quantitative estimate of drug-likeness (QED) is 0.900. The molecule has 108 valence electrons. The fourth-order valence-corrected chi connectivity index (χ4v) is 2.68. The first kappa shape index (κ1) is 14.2. The van der Waals surface area contributed by atoms with Crippen LogP contribution in [0, 0.1) is 0 Å². The molecule has 0 saturated heterocycles. The molecule has 0 bridgehead atoms. The third-order valence-electron chi connectivity index (χ3n) is 3.80. The summed E-state index contributed by atoms with van der Waals surface area (Å²) in [5, 5.41) is 7.30. The second kappa shape index (κ2) is 5.06. The Morgan fingerprint density at radius 1 is 1.42 bits per heavy atom. The van der Waals surface area contributed by atoms with E-state index in [1.165, 1.54) is 0 Å². The Bertz CT molecular complexity index is 435. The standard InChI is InChI=1S/C13H20F3N3/c1-4-9(5-2)10-7-12-17-8(3)6-11(13(14,15)16)19(12)18-10/h7-9,11,17H,4-6H2,1-3H3. The second-order valence-corrected chi connectivity index (χ2v) is 5.25. The van der Waals surface area contributed by atoms with E-state index in [1.54, 1.807) is 13.0 Å². The molecule has 2 unspecified atom stereocenters. The molecule has 2 rings (SSSR count). The molecular weight excluding hydrogens is 255 g/mol. The van der Waals surface area contributed by atoms with Gasteiger partial charge in [-0.1, -0.05) is 13.8 Å². The molecule has 2 atom stereocenters. The first-order chi connectivity index (χ1) is 8.86. The predicted molar refractivity (Wildman–Crippen MR) is 68.3 cm³/mol. The number of rotatable bonds is 3. The molecule has 0 radical (unpaired) electrons. The molecule has 0 fully saturated rings. The highest BCUT2D eigenvalue weighted by Crippen LogP contribution is 2.40. The fourth-order valence-electron chi connectivity index (χ4n) is 2.68. The molecule has 0 aliphatic carbocycles. The predicted octanol–water partition coefficient (Wildman–Crippen LogP) is 4.09. The Morgan fingerprint density at radius 2 is 2.05 bits per heavy atom. The summed E-state index contributed by atoms with van der Waals surface area (Å²) in [6.07, 6.45) is -2.44. The van der Waals surface area contributed by atoms with Crippen LogP contribution >= 0.6 is 0 Å². The third-order valence-corrected chi connectivity index (χ3v) is 3.80. The molecule has 6 heteroatoms. The van der Waals surface area contributed by atoms with Crippen LogP contribution in [0.4, 0.5) is 19.0 Å². The Balaban J connectivity index is 2.38. The van der Waals surface area contributed by atoms with E-state index in [1.807, 2.05) is 13.8 Å². The van der Waals surface area contributed by atoms with Gasteiger partial charge in [-0.2, -0.15) is 18.3 Å². The lowest BCUT2D eigenvalue weighted by Crippen LogP contribution is -2.37. The topological polar surface area (TPSA) is 29.9 Å². The zero-order valence-corrected chi connectivity index (χ0v) is 11.5. The maximum atomic E-state index is 13.1. The van der Waals surface area contributed by atoms with E-state index >= 15 is 0 Å². The first-order valence-corrected chi connectivity index (χ1v) is 6.79. The normalized spacial score (nSPS) is 23.3. The van der Waals surface area contributed by atoms with Crippen LogP contribution in [0.15, 0.2) is 6.07 Å². The Kier molecular flexibility index (Phi) is 3.78. The summed E-state index contributed by atoms with van der Waals surface area (Å²) >= 11 is 0. The van der Waals surface area contributed by atoms with Crippen molar-refractivity contribution < 1.29 is 13.2 Å². The smallest absolute Gasteiger partial charge is 0.368 e. The molecule has 1 N–H and O–H groups in total. The van der Waals surface area contributed by atoms with Crippen molar-refractivity contribution in [3.8, 4) is 0 Å². The number of anilines is 1. The molecule has 3 nitrogen and oxygen atoms in total. The summed E-state index contributed by atoms with van der Waals surface area (Å²) in [7, 11) is 0. The van der Waals surface area contributed by atoms with Crippen LogP contribution < -0.4 is 5.32 Å². The molecule has 0 spiro atoms. The zero-order valence-electron chi connectivity index (χ0n) is 11.5. The monoisotopic (exact) mass is 275 g/mol. The van der Waals surface area contributed by atoms with E-state index in [2.05, 4.69) is 10.4 Å². The largest absolute Gasteiger partial charge is 0.410 e. The molecule has 0 amide bonds. The lowest BCUT2D eigenvalue weighted by molar-refractivity contribution is -0.173. The summed E-state index contributed by atoms with van der Waals surface area (Å²) in [6, 6.07) is 0.0683. The first-order valence-electron chi connectivity index (χ1n) is 6.79. The Morgan fingerprint density at radius 3 is 2.58 bits per heavy atom. The van der Waals surface area contributed by atoms with Gasteiger partial charge in [-0.05, 0) is 26.2 Å². The summed E-state index contributed by atoms with van der Waals surface area (Å²) < 4.78 is 40.4. The van der Waals surface area contributed by atoms with Gasteiger partial charge in [0.05, 0.1) is 5.69 Å². The molecule has 1 aromatic heterocycles. The van der Waals surface area contributed by atoms with E-state index in [0.29, 0.717) is 5.82 Å². The second-order valence-electron chi connectivity index (χ2n) is 5.25. The van der Waals surface area contributed by atoms with E-state index < -0.39 is 12.2 Å². The SMILES string of the molecule is CCC(CC)c1cc2n(n1)C(C(F)(F)F)CC(C)N2. The molecule has 0 aromatic carbocycles. The van der Waals surface area contributed by atoms with Gasteiger partial charge < -0.3 is 5.32 Å². The number of nitrogens with one attached hydrogen (secondary N) is 1. The van der Waals surface area contributed by atoms with Crippen molar-refractivity contribution in [2.24, 2.45) is 0 Å². The summed E-state index contributed by atoms with van der Waals surface area (Å²) in [4.78, 5) is 0. The summed E-state index contributed by atoms with van der Waals surface area (Å²) in [5.74, 6) is 0.715. The van der Waals surface area contributed by atoms with Gasteiger partial charge >= 0.3 is 6.18 Å². The highest BCUT2D eigenvalue weighted by atomic mass is 19.4. The van der Waals surface area contributed by atoms with E-state index in [4.69, 9.17) is 0 Å². The highest BCUT2D eigenvalue weighted by Gasteiger charge is 2.45. The average Bonchev–Trinajstić information content (AvgIpc) is 2.71. The van der Waals surface area contributed by atoms with Gasteiger partial charge in [-0.25, -0.2) is 4.68 Å². The van der Waals surface area contributed by atoms with Crippen molar-refractivity contribution in [1.82, 2.24) is 9.78 Å². The molecule has 2 heterocycles. The summed E-state index contributed by atoms with van der Waals surface area (Å²) in [5.41, 5.74) is 0.760. The van der Waals surface area contributed by atoms with Gasteiger partial charge in [0.2, 0.25) is 0 Å². The van der Waals surface area contributed by atoms with Gasteiger partial charge in [0, 0.05) is 18.0 Å². The van der Waals surface area contributed by atoms with Gasteiger partial charge in [0.15, 0.2) is 6.04 Å². The Labute approximate surface area is 111 Å². The lowest BCUT2D eigenvalue weighted by Gasteiger charge is -2.31. The molecule has 1 aliphatic heterocycles. The fraction of sp³-hybridized carbons (Fsp3) is 0.769. The van der Waals surface area contributed by atoms with Crippen LogP contribution in [0.25, 0.3) is 0 Å². The van der Waals surface area contributed by atoms with Gasteiger partial charge in [0.25, 0.3) is 0 Å². The lowest BCUT2D eigenvalue weighted by atomic mass is 10.00. The van der Waals surface area contributed by atoms with E-state index in [0.717, 1.165) is 23.2 Å². The number of halogens is 3. The van der Waals surface area contributed by atoms with Crippen LogP contribution in [0.5, 0.6) is 0 Å². The van der Waals surface area contributed by atoms with Crippen molar-refractivity contribution in [2.45, 2.75) is 64.2 Å². The summed E-state index contributed by atoms with van der Waals surface area (Å²) in [6.45, 7) is 5.83.